The molecule has 39 heavy (non-hydrogen) atoms. The van der Waals surface area contributed by atoms with Gasteiger partial charge >= 0.3 is 6.09 Å². The number of nitrogens with one attached hydrogen (secondary N) is 3. The lowest BCUT2D eigenvalue weighted by Gasteiger charge is -2.25. The minimum atomic E-state index is -0.953. The summed E-state index contributed by atoms with van der Waals surface area (Å²) in [6.07, 6.45) is -0.751. The fraction of sp³-hybridized carbons (Fsp3) is 0.321. The fourth-order valence-electron chi connectivity index (χ4n) is 3.57. The van der Waals surface area contributed by atoms with Gasteiger partial charge in [-0.1, -0.05) is 44.7 Å². The molecule has 0 spiro atoms. The number of fused-ring (bicyclic) bond motifs is 1. The molecule has 0 aliphatic carbocycles. The van der Waals surface area contributed by atoms with Crippen molar-refractivity contribution in [3.05, 3.63) is 77.5 Å². The van der Waals surface area contributed by atoms with Crippen molar-refractivity contribution >= 4 is 35.4 Å². The molecule has 0 saturated carbocycles. The zero-order valence-electron chi connectivity index (χ0n) is 22.5. The van der Waals surface area contributed by atoms with Gasteiger partial charge in [-0.2, -0.15) is 0 Å². The molecule has 2 aromatic rings. The van der Waals surface area contributed by atoms with Crippen molar-refractivity contribution in [3.8, 4) is 0 Å². The van der Waals surface area contributed by atoms with Crippen molar-refractivity contribution in [2.75, 3.05) is 5.32 Å². The Morgan fingerprint density at radius 1 is 0.949 bits per heavy atom. The highest BCUT2D eigenvalue weighted by atomic mass is 16.7. The SMILES string of the molecule is C=C(NC(=O)C(NC(=O)OC(C)(C)C)C(C)C)C(=O)Nc1ccc(CON2C(=O)c3ccccc3C2=O)cc1. The molecule has 1 atom stereocenters. The Balaban J connectivity index is 1.51. The fourth-order valence-corrected chi connectivity index (χ4v) is 3.57. The Morgan fingerprint density at radius 3 is 2.03 bits per heavy atom. The van der Waals surface area contributed by atoms with Crippen LogP contribution in [0.25, 0.3) is 0 Å². The van der Waals surface area contributed by atoms with Crippen molar-refractivity contribution in [1.82, 2.24) is 15.7 Å². The van der Waals surface area contributed by atoms with Gasteiger partial charge in [0.05, 0.1) is 16.8 Å². The summed E-state index contributed by atoms with van der Waals surface area (Å²) in [5.74, 6) is -2.61. The summed E-state index contributed by atoms with van der Waals surface area (Å²) in [5.41, 5.74) is 0.676. The number of amides is 5. The first-order chi connectivity index (χ1) is 18.3. The highest BCUT2D eigenvalue weighted by molar-refractivity contribution is 6.20. The molecule has 11 heteroatoms. The van der Waals surface area contributed by atoms with Gasteiger partial charge in [-0.3, -0.25) is 24.0 Å². The molecular formula is C28H32N4O7. The number of hydroxylamine groups is 2. The van der Waals surface area contributed by atoms with Crippen LogP contribution in [-0.2, 0) is 25.8 Å². The lowest BCUT2D eigenvalue weighted by Crippen LogP contribution is -2.51. The molecule has 1 unspecified atom stereocenters. The van der Waals surface area contributed by atoms with Crippen molar-refractivity contribution in [3.63, 3.8) is 0 Å². The van der Waals surface area contributed by atoms with E-state index >= 15 is 0 Å². The standard InChI is InChI=1S/C28H32N4O7/c1-16(2)22(31-27(37)39-28(4,5)6)24(34)29-17(3)23(33)30-19-13-11-18(12-14-19)15-38-32-25(35)20-9-7-8-10-21(20)26(32)36/h7-14,16,22H,3,15H2,1-2,4-6H3,(H,29,34)(H,30,33)(H,31,37). The highest BCUT2D eigenvalue weighted by Crippen LogP contribution is 2.23. The smallest absolute Gasteiger partial charge is 0.408 e. The van der Waals surface area contributed by atoms with E-state index in [0.29, 0.717) is 11.3 Å². The molecule has 0 saturated heterocycles. The van der Waals surface area contributed by atoms with Gasteiger partial charge in [-0.05, 0) is 56.5 Å². The van der Waals surface area contributed by atoms with Crippen LogP contribution < -0.4 is 16.0 Å². The van der Waals surface area contributed by atoms with Crippen LogP contribution in [0, 0.1) is 5.92 Å². The van der Waals surface area contributed by atoms with Gasteiger partial charge in [0.1, 0.15) is 18.2 Å². The zero-order chi connectivity index (χ0) is 28.9. The summed E-state index contributed by atoms with van der Waals surface area (Å²) in [7, 11) is 0. The number of rotatable bonds is 9. The topological polar surface area (TPSA) is 143 Å². The molecule has 3 N–H and O–H groups in total. The van der Waals surface area contributed by atoms with E-state index in [4.69, 9.17) is 9.57 Å². The lowest BCUT2D eigenvalue weighted by atomic mass is 10.0. The van der Waals surface area contributed by atoms with Crippen molar-refractivity contribution in [2.45, 2.75) is 52.9 Å². The largest absolute Gasteiger partial charge is 0.444 e. The second kappa shape index (κ2) is 11.9. The first-order valence-corrected chi connectivity index (χ1v) is 12.3. The molecule has 3 rings (SSSR count). The first-order valence-electron chi connectivity index (χ1n) is 12.3. The average Bonchev–Trinajstić information content (AvgIpc) is 3.10. The summed E-state index contributed by atoms with van der Waals surface area (Å²) in [6.45, 7) is 12.2. The maximum Gasteiger partial charge on any atom is 0.408 e. The second-order valence-electron chi connectivity index (χ2n) is 10.2. The van der Waals surface area contributed by atoms with Crippen molar-refractivity contribution in [2.24, 2.45) is 5.92 Å². The van der Waals surface area contributed by atoms with E-state index in [-0.39, 0.29) is 29.3 Å². The highest BCUT2D eigenvalue weighted by Gasteiger charge is 2.36. The summed E-state index contributed by atoms with van der Waals surface area (Å²) in [5, 5.41) is 8.28. The van der Waals surface area contributed by atoms with Crippen LogP contribution in [0.15, 0.2) is 60.8 Å². The Kier molecular flexibility index (Phi) is 8.87. The van der Waals surface area contributed by atoms with Gasteiger partial charge < -0.3 is 20.7 Å². The first kappa shape index (κ1) is 29.1. The molecular weight excluding hydrogens is 504 g/mol. The third-order valence-corrected chi connectivity index (χ3v) is 5.50. The molecule has 1 aliphatic rings. The van der Waals surface area contributed by atoms with Crippen LogP contribution in [0.1, 0.15) is 60.9 Å². The molecule has 1 aliphatic heterocycles. The zero-order valence-corrected chi connectivity index (χ0v) is 22.5. The number of ether oxygens (including phenoxy) is 1. The van der Waals surface area contributed by atoms with Gasteiger partial charge in [-0.25, -0.2) is 4.79 Å². The van der Waals surface area contributed by atoms with E-state index in [1.807, 2.05) is 0 Å². The number of carbonyl (C=O) groups excluding carboxylic acids is 5. The number of hydrogen-bond acceptors (Lipinski definition) is 7. The second-order valence-corrected chi connectivity index (χ2v) is 10.2. The summed E-state index contributed by atoms with van der Waals surface area (Å²) >= 11 is 0. The van der Waals surface area contributed by atoms with Crippen LogP contribution in [0.3, 0.4) is 0 Å². The monoisotopic (exact) mass is 536 g/mol. The van der Waals surface area contributed by atoms with Gasteiger partial charge in [0.15, 0.2) is 0 Å². The number of nitrogens with zero attached hydrogens (tertiary/aromatic N) is 1. The van der Waals surface area contributed by atoms with Crippen LogP contribution in [-0.4, -0.2) is 46.4 Å². The number of anilines is 1. The summed E-state index contributed by atoms with van der Waals surface area (Å²) in [4.78, 5) is 67.6. The van der Waals surface area contributed by atoms with E-state index in [1.165, 1.54) is 0 Å². The van der Waals surface area contributed by atoms with E-state index in [1.54, 1.807) is 83.1 Å². The molecule has 1 heterocycles. The van der Waals surface area contributed by atoms with Gasteiger partial charge in [0, 0.05) is 5.69 Å². The molecule has 0 radical (unpaired) electrons. The maximum absolute atomic E-state index is 12.7. The Labute approximate surface area is 226 Å². The molecule has 11 nitrogen and oxygen atoms in total. The van der Waals surface area contributed by atoms with Gasteiger partial charge in [-0.15, -0.1) is 5.06 Å². The lowest BCUT2D eigenvalue weighted by molar-refractivity contribution is -0.125. The third-order valence-electron chi connectivity index (χ3n) is 5.50. The van der Waals surface area contributed by atoms with E-state index in [9.17, 15) is 24.0 Å². The van der Waals surface area contributed by atoms with E-state index in [0.717, 1.165) is 5.06 Å². The number of benzene rings is 2. The van der Waals surface area contributed by atoms with Gasteiger partial charge in [0.2, 0.25) is 5.91 Å². The average molecular weight is 537 g/mol. The summed E-state index contributed by atoms with van der Waals surface area (Å²) in [6, 6.07) is 12.0. The minimum Gasteiger partial charge on any atom is -0.444 e. The van der Waals surface area contributed by atoms with Crippen LogP contribution >= 0.6 is 0 Å². The normalized spacial score (nSPS) is 13.5. The molecule has 0 aromatic heterocycles. The Morgan fingerprint density at radius 2 is 1.51 bits per heavy atom. The minimum absolute atomic E-state index is 0.0519. The van der Waals surface area contributed by atoms with Crippen LogP contribution in [0.4, 0.5) is 10.5 Å². The number of imide groups is 1. The molecule has 2 aromatic carbocycles. The number of alkyl carbamates (subject to hydrolysis) is 1. The Hall–Kier alpha value is -4.51. The molecule has 5 amide bonds. The van der Waals surface area contributed by atoms with Crippen LogP contribution in [0.5, 0.6) is 0 Å². The summed E-state index contributed by atoms with van der Waals surface area (Å²) < 4.78 is 5.20. The van der Waals surface area contributed by atoms with Crippen molar-refractivity contribution in [1.29, 1.82) is 0 Å². The van der Waals surface area contributed by atoms with Crippen LogP contribution in [0.2, 0.25) is 0 Å². The molecule has 0 fully saturated rings. The maximum atomic E-state index is 12.7. The number of hydrogen-bond donors (Lipinski definition) is 3. The number of carbonyl (C=O) groups is 5. The van der Waals surface area contributed by atoms with E-state index < -0.39 is 41.4 Å². The molecule has 0 bridgehead atoms. The predicted molar refractivity (Wildman–Crippen MR) is 142 cm³/mol. The molecule has 206 valence electrons. The van der Waals surface area contributed by atoms with Gasteiger partial charge in [0.25, 0.3) is 17.7 Å². The predicted octanol–water partition coefficient (Wildman–Crippen LogP) is 3.53. The van der Waals surface area contributed by atoms with Crippen molar-refractivity contribution < 1.29 is 33.5 Å². The Bertz CT molecular complexity index is 1260. The quantitative estimate of drug-likeness (QED) is 0.329. The third kappa shape index (κ3) is 7.51. The van der Waals surface area contributed by atoms with E-state index in [2.05, 4.69) is 22.5 Å².